The maximum absolute atomic E-state index is 12.9. The van der Waals surface area contributed by atoms with Crippen LogP contribution in [0.5, 0.6) is 0 Å². The minimum atomic E-state index is -0.221. The smallest absolute Gasteiger partial charge is 0.323 e. The van der Waals surface area contributed by atoms with E-state index in [2.05, 4.69) is 22.2 Å². The van der Waals surface area contributed by atoms with Crippen molar-refractivity contribution in [3.05, 3.63) is 64.3 Å². The molecule has 0 spiro atoms. The van der Waals surface area contributed by atoms with E-state index in [4.69, 9.17) is 0 Å². The summed E-state index contributed by atoms with van der Waals surface area (Å²) in [5, 5.41) is 3.38. The van der Waals surface area contributed by atoms with Gasteiger partial charge in [-0.05, 0) is 49.2 Å². The second-order valence-corrected chi connectivity index (χ2v) is 5.22. The van der Waals surface area contributed by atoms with E-state index in [-0.39, 0.29) is 17.5 Å². The lowest BCUT2D eigenvalue weighted by molar-refractivity contribution is 0.626. The summed E-state index contributed by atoms with van der Waals surface area (Å²) in [6, 6.07) is 12.4. The fourth-order valence-corrected chi connectivity index (χ4v) is 2.43. The molecule has 0 aliphatic heterocycles. The summed E-state index contributed by atoms with van der Waals surface area (Å²) >= 11 is 0. The summed E-state index contributed by atoms with van der Waals surface area (Å²) in [4.78, 5) is 16.7. The summed E-state index contributed by atoms with van der Waals surface area (Å²) in [6.45, 7) is 2.06. The Morgan fingerprint density at radius 2 is 1.81 bits per heavy atom. The summed E-state index contributed by atoms with van der Waals surface area (Å²) in [6.07, 6.45) is 0.794. The first kappa shape index (κ1) is 13.4. The van der Waals surface area contributed by atoms with Crippen LogP contribution in [0.25, 0.3) is 11.0 Å². The van der Waals surface area contributed by atoms with Crippen molar-refractivity contribution < 1.29 is 4.39 Å². The number of anilines is 1. The van der Waals surface area contributed by atoms with Gasteiger partial charge in [-0.1, -0.05) is 12.1 Å². The Kier molecular flexibility index (Phi) is 3.48. The van der Waals surface area contributed by atoms with Crippen LogP contribution in [0.3, 0.4) is 0 Å². The Hall–Kier alpha value is -2.56. The van der Waals surface area contributed by atoms with E-state index in [0.29, 0.717) is 0 Å². The van der Waals surface area contributed by atoms with Crippen molar-refractivity contribution in [3.8, 4) is 0 Å². The van der Waals surface area contributed by atoms with Crippen LogP contribution >= 0.6 is 0 Å². The summed E-state index contributed by atoms with van der Waals surface area (Å²) in [5.74, 6) is -0.221. The minimum Gasteiger partial charge on any atom is -0.382 e. The van der Waals surface area contributed by atoms with Crippen molar-refractivity contribution in [1.29, 1.82) is 0 Å². The second kappa shape index (κ2) is 5.44. The molecule has 0 aliphatic carbocycles. The van der Waals surface area contributed by atoms with Gasteiger partial charge < -0.3 is 15.3 Å². The standard InChI is InChI=1S/C16H16FN3O/c1-10(8-11-2-4-12(17)5-3-11)18-13-6-7-14-15(9-13)20-16(21)19-14/h2-7,9-10,18H,8H2,1H3,(H2,19,20,21). The van der Waals surface area contributed by atoms with Crippen molar-refractivity contribution in [2.75, 3.05) is 5.32 Å². The van der Waals surface area contributed by atoms with Crippen molar-refractivity contribution in [1.82, 2.24) is 9.97 Å². The van der Waals surface area contributed by atoms with Gasteiger partial charge in [0.1, 0.15) is 5.82 Å². The van der Waals surface area contributed by atoms with Gasteiger partial charge in [0.25, 0.3) is 0 Å². The van der Waals surface area contributed by atoms with Gasteiger partial charge in [-0.15, -0.1) is 0 Å². The highest BCUT2D eigenvalue weighted by Crippen LogP contribution is 2.16. The Morgan fingerprint density at radius 1 is 1.10 bits per heavy atom. The number of halogens is 1. The lowest BCUT2D eigenvalue weighted by Gasteiger charge is -2.15. The van der Waals surface area contributed by atoms with E-state index in [1.807, 2.05) is 18.2 Å². The van der Waals surface area contributed by atoms with Gasteiger partial charge in [-0.2, -0.15) is 0 Å². The predicted octanol–water partition coefficient (Wildman–Crippen LogP) is 3.04. The topological polar surface area (TPSA) is 60.7 Å². The first-order valence-corrected chi connectivity index (χ1v) is 6.83. The van der Waals surface area contributed by atoms with Crippen LogP contribution in [0, 0.1) is 5.82 Å². The predicted molar refractivity (Wildman–Crippen MR) is 82.1 cm³/mol. The number of rotatable bonds is 4. The largest absolute Gasteiger partial charge is 0.382 e. The minimum absolute atomic E-state index is 0.193. The third-order valence-corrected chi connectivity index (χ3v) is 3.38. The number of imidazole rings is 1. The van der Waals surface area contributed by atoms with Gasteiger partial charge in [0, 0.05) is 11.7 Å². The molecule has 21 heavy (non-hydrogen) atoms. The molecule has 1 unspecified atom stereocenters. The van der Waals surface area contributed by atoms with E-state index < -0.39 is 0 Å². The van der Waals surface area contributed by atoms with Crippen molar-refractivity contribution in [3.63, 3.8) is 0 Å². The number of aromatic nitrogens is 2. The first-order valence-electron chi connectivity index (χ1n) is 6.83. The van der Waals surface area contributed by atoms with Gasteiger partial charge in [0.2, 0.25) is 0 Å². The van der Waals surface area contributed by atoms with Crippen LogP contribution in [0.1, 0.15) is 12.5 Å². The van der Waals surface area contributed by atoms with Gasteiger partial charge in [-0.25, -0.2) is 9.18 Å². The highest BCUT2D eigenvalue weighted by atomic mass is 19.1. The van der Waals surface area contributed by atoms with Gasteiger partial charge in [0.15, 0.2) is 0 Å². The van der Waals surface area contributed by atoms with Crippen molar-refractivity contribution in [2.45, 2.75) is 19.4 Å². The summed E-state index contributed by atoms with van der Waals surface area (Å²) in [7, 11) is 0. The Balaban J connectivity index is 1.71. The average molecular weight is 285 g/mol. The number of aromatic amines is 2. The Labute approximate surface area is 121 Å². The van der Waals surface area contributed by atoms with Crippen LogP contribution < -0.4 is 11.0 Å². The Morgan fingerprint density at radius 3 is 2.57 bits per heavy atom. The molecule has 1 aromatic heterocycles. The molecule has 2 aromatic carbocycles. The number of nitrogens with one attached hydrogen (secondary N) is 3. The molecule has 1 atom stereocenters. The Bertz CT molecular complexity index is 804. The second-order valence-electron chi connectivity index (χ2n) is 5.22. The molecule has 0 radical (unpaired) electrons. The molecule has 0 amide bonds. The first-order chi connectivity index (χ1) is 10.1. The number of fused-ring (bicyclic) bond motifs is 1. The number of hydrogen-bond acceptors (Lipinski definition) is 2. The van der Waals surface area contributed by atoms with E-state index >= 15 is 0 Å². The van der Waals surface area contributed by atoms with Crippen molar-refractivity contribution >= 4 is 16.7 Å². The van der Waals surface area contributed by atoms with E-state index in [0.717, 1.165) is 28.7 Å². The van der Waals surface area contributed by atoms with Crippen LogP contribution in [-0.4, -0.2) is 16.0 Å². The third kappa shape index (κ3) is 3.13. The van der Waals surface area contributed by atoms with Crippen LogP contribution in [0.15, 0.2) is 47.3 Å². The fourth-order valence-electron chi connectivity index (χ4n) is 2.43. The molecular weight excluding hydrogens is 269 g/mol. The maximum Gasteiger partial charge on any atom is 0.323 e. The van der Waals surface area contributed by atoms with Crippen LogP contribution in [0.2, 0.25) is 0 Å². The van der Waals surface area contributed by atoms with E-state index in [1.165, 1.54) is 12.1 Å². The molecular formula is C16H16FN3O. The molecule has 0 saturated carbocycles. The molecule has 3 N–H and O–H groups in total. The number of benzene rings is 2. The van der Waals surface area contributed by atoms with Crippen LogP contribution in [-0.2, 0) is 6.42 Å². The highest BCUT2D eigenvalue weighted by Gasteiger charge is 2.05. The molecule has 0 aliphatic rings. The lowest BCUT2D eigenvalue weighted by Crippen LogP contribution is -2.17. The molecule has 5 heteroatoms. The monoisotopic (exact) mass is 285 g/mol. The third-order valence-electron chi connectivity index (χ3n) is 3.38. The average Bonchev–Trinajstić information content (AvgIpc) is 2.80. The van der Waals surface area contributed by atoms with Gasteiger partial charge >= 0.3 is 5.69 Å². The molecule has 3 aromatic rings. The van der Waals surface area contributed by atoms with Gasteiger partial charge in [0.05, 0.1) is 11.0 Å². The molecule has 3 rings (SSSR count). The normalized spacial score (nSPS) is 12.5. The van der Waals surface area contributed by atoms with Crippen LogP contribution in [0.4, 0.5) is 10.1 Å². The lowest BCUT2D eigenvalue weighted by atomic mass is 10.1. The van der Waals surface area contributed by atoms with E-state index in [1.54, 1.807) is 12.1 Å². The zero-order valence-corrected chi connectivity index (χ0v) is 11.6. The summed E-state index contributed by atoms with van der Waals surface area (Å²) in [5.41, 5.74) is 3.37. The van der Waals surface area contributed by atoms with Crippen molar-refractivity contribution in [2.24, 2.45) is 0 Å². The molecule has 0 fully saturated rings. The summed E-state index contributed by atoms with van der Waals surface area (Å²) < 4.78 is 12.9. The quantitative estimate of drug-likeness (QED) is 0.690. The SMILES string of the molecule is CC(Cc1ccc(F)cc1)Nc1ccc2[nH]c(=O)[nH]c2c1. The van der Waals surface area contributed by atoms with Gasteiger partial charge in [-0.3, -0.25) is 0 Å². The van der Waals surface area contributed by atoms with E-state index in [9.17, 15) is 9.18 Å². The molecule has 108 valence electrons. The fraction of sp³-hybridized carbons (Fsp3) is 0.188. The zero-order valence-electron chi connectivity index (χ0n) is 11.6. The number of hydrogen-bond donors (Lipinski definition) is 3. The molecule has 0 bridgehead atoms. The maximum atomic E-state index is 12.9. The molecule has 4 nitrogen and oxygen atoms in total. The molecule has 1 heterocycles. The number of H-pyrrole nitrogens is 2. The highest BCUT2D eigenvalue weighted by molar-refractivity contribution is 5.78. The zero-order chi connectivity index (χ0) is 14.8. The molecule has 0 saturated heterocycles.